The predicted molar refractivity (Wildman–Crippen MR) is 188 cm³/mol. The van der Waals surface area contributed by atoms with Crippen LogP contribution in [0, 0.1) is 11.3 Å². The largest absolute Gasteiger partial charge is 0.488 e. The minimum Gasteiger partial charge on any atom is -0.488 e. The number of alkyl halides is 3. The molecule has 2 aliphatic carbocycles. The molecule has 1 aliphatic heterocycles. The molecule has 1 aromatic carbocycles. The first-order chi connectivity index (χ1) is 24.4. The van der Waals surface area contributed by atoms with Crippen molar-refractivity contribution < 1.29 is 50.2 Å². The molecule has 5 unspecified atom stereocenters. The SMILES string of the molecule is C=CC1CC1(NC(=O)C1CC(Oc2cc(C(F)(F)F)nc3c(Cl)cccc23)CN1C(=O)C(NC(=O)OC(C)(C)C)C(C)(C)C)C(=O)NS(=O)(=O)C1CC1. The van der Waals surface area contributed by atoms with E-state index in [4.69, 9.17) is 21.1 Å². The number of ether oxygens (including phenoxy) is 2. The van der Waals surface area contributed by atoms with E-state index in [2.05, 4.69) is 26.9 Å². The molecule has 5 atom stereocenters. The zero-order valence-corrected chi connectivity index (χ0v) is 31.7. The molecule has 0 radical (unpaired) electrons. The molecular formula is C35H43ClF3N5O8S. The van der Waals surface area contributed by atoms with Crippen molar-refractivity contribution >= 4 is 56.3 Å². The second kappa shape index (κ2) is 13.9. The Kier molecular flexibility index (Phi) is 10.5. The summed E-state index contributed by atoms with van der Waals surface area (Å²) in [5.41, 5.74) is -5.00. The van der Waals surface area contributed by atoms with Gasteiger partial charge in [0.15, 0.2) is 0 Å². The van der Waals surface area contributed by atoms with Crippen molar-refractivity contribution in [2.24, 2.45) is 11.3 Å². The average Bonchev–Trinajstić information content (AvgIpc) is 3.95. The Bertz CT molecular complexity index is 1940. The zero-order valence-electron chi connectivity index (χ0n) is 30.1. The molecule has 3 aliphatic rings. The van der Waals surface area contributed by atoms with Crippen molar-refractivity contribution in [2.75, 3.05) is 6.54 Å². The summed E-state index contributed by atoms with van der Waals surface area (Å²) in [6.45, 7) is 13.3. The van der Waals surface area contributed by atoms with Crippen LogP contribution in [-0.4, -0.2) is 83.2 Å². The van der Waals surface area contributed by atoms with E-state index in [1.807, 2.05) is 0 Å². The van der Waals surface area contributed by atoms with Crippen molar-refractivity contribution in [1.82, 2.24) is 25.2 Å². The van der Waals surface area contributed by atoms with Gasteiger partial charge in [0.1, 0.15) is 40.8 Å². The molecule has 2 heterocycles. The number of aromatic nitrogens is 1. The van der Waals surface area contributed by atoms with Crippen LogP contribution in [0.3, 0.4) is 0 Å². The summed E-state index contributed by atoms with van der Waals surface area (Å²) in [6, 6.07) is 2.39. The van der Waals surface area contributed by atoms with Gasteiger partial charge in [-0.15, -0.1) is 6.58 Å². The molecule has 53 heavy (non-hydrogen) atoms. The minimum atomic E-state index is -4.87. The Balaban J connectivity index is 1.50. The lowest BCUT2D eigenvalue weighted by Crippen LogP contribution is -2.60. The predicted octanol–water partition coefficient (Wildman–Crippen LogP) is 4.86. The lowest BCUT2D eigenvalue weighted by Gasteiger charge is -2.36. The second-order valence-electron chi connectivity index (χ2n) is 15.7. The Morgan fingerprint density at radius 1 is 1.11 bits per heavy atom. The molecule has 13 nitrogen and oxygen atoms in total. The number of nitrogens with one attached hydrogen (secondary N) is 3. The van der Waals surface area contributed by atoms with E-state index >= 15 is 0 Å². The highest BCUT2D eigenvalue weighted by atomic mass is 35.5. The van der Waals surface area contributed by atoms with Gasteiger partial charge in [0.2, 0.25) is 21.8 Å². The molecule has 1 aromatic heterocycles. The summed E-state index contributed by atoms with van der Waals surface area (Å²) in [5.74, 6) is -3.43. The van der Waals surface area contributed by atoms with Gasteiger partial charge in [-0.05, 0) is 57.6 Å². The molecule has 3 N–H and O–H groups in total. The number of rotatable bonds is 10. The number of hydrogen-bond acceptors (Lipinski definition) is 9. The van der Waals surface area contributed by atoms with E-state index in [1.54, 1.807) is 41.5 Å². The maximum absolute atomic E-state index is 14.4. The number of fused-ring (bicyclic) bond motifs is 1. The molecule has 4 amide bonds. The van der Waals surface area contributed by atoms with E-state index in [1.165, 1.54) is 24.3 Å². The van der Waals surface area contributed by atoms with Crippen LogP contribution < -0.4 is 20.1 Å². The van der Waals surface area contributed by atoms with Gasteiger partial charge in [0.05, 0.1) is 22.3 Å². The number of likely N-dealkylation sites (tertiary alicyclic amines) is 1. The number of carbonyl (C=O) groups is 4. The van der Waals surface area contributed by atoms with Gasteiger partial charge in [-0.3, -0.25) is 19.1 Å². The number of halogens is 4. The maximum atomic E-state index is 14.4. The number of amides is 4. The van der Waals surface area contributed by atoms with Crippen LogP contribution in [0.5, 0.6) is 5.75 Å². The van der Waals surface area contributed by atoms with Gasteiger partial charge in [-0.1, -0.05) is 44.5 Å². The Labute approximate surface area is 310 Å². The van der Waals surface area contributed by atoms with Crippen LogP contribution in [0.25, 0.3) is 10.9 Å². The van der Waals surface area contributed by atoms with E-state index in [9.17, 15) is 40.8 Å². The van der Waals surface area contributed by atoms with Crippen LogP contribution in [0.1, 0.15) is 72.9 Å². The number of alkyl carbamates (subject to hydrolysis) is 1. The summed E-state index contributed by atoms with van der Waals surface area (Å²) in [7, 11) is -3.99. The van der Waals surface area contributed by atoms with Crippen molar-refractivity contribution in [3.8, 4) is 5.75 Å². The van der Waals surface area contributed by atoms with Crippen LogP contribution in [0.15, 0.2) is 36.9 Å². The topological polar surface area (TPSA) is 173 Å². The molecule has 5 rings (SSSR count). The van der Waals surface area contributed by atoms with Gasteiger partial charge >= 0.3 is 12.3 Å². The highest BCUT2D eigenvalue weighted by Crippen LogP contribution is 2.46. The van der Waals surface area contributed by atoms with E-state index in [0.717, 1.165) is 4.90 Å². The minimum absolute atomic E-state index is 0.0314. The molecule has 0 spiro atoms. The van der Waals surface area contributed by atoms with Crippen LogP contribution in [-0.2, 0) is 35.3 Å². The first-order valence-electron chi connectivity index (χ1n) is 17.0. The molecular weight excluding hydrogens is 743 g/mol. The van der Waals surface area contributed by atoms with Gasteiger partial charge in [-0.2, -0.15) is 13.2 Å². The Morgan fingerprint density at radius 2 is 1.77 bits per heavy atom. The number of carbonyl (C=O) groups excluding carboxylic acids is 4. The maximum Gasteiger partial charge on any atom is 0.433 e. The van der Waals surface area contributed by atoms with Crippen LogP contribution >= 0.6 is 11.6 Å². The van der Waals surface area contributed by atoms with Crippen molar-refractivity contribution in [2.45, 2.75) is 108 Å². The number of para-hydroxylation sites is 1. The molecule has 3 fully saturated rings. The Morgan fingerprint density at radius 3 is 2.32 bits per heavy atom. The second-order valence-corrected chi connectivity index (χ2v) is 18.1. The van der Waals surface area contributed by atoms with Crippen molar-refractivity contribution in [3.05, 3.63) is 47.6 Å². The number of hydrogen-bond donors (Lipinski definition) is 3. The summed E-state index contributed by atoms with van der Waals surface area (Å²) in [6.07, 6.45) is -4.90. The Hall–Kier alpha value is -4.12. The monoisotopic (exact) mass is 785 g/mol. The smallest absolute Gasteiger partial charge is 0.433 e. The highest BCUT2D eigenvalue weighted by molar-refractivity contribution is 7.91. The van der Waals surface area contributed by atoms with Gasteiger partial charge in [0, 0.05) is 23.8 Å². The average molecular weight is 786 g/mol. The third-order valence-electron chi connectivity index (χ3n) is 9.21. The van der Waals surface area contributed by atoms with Gasteiger partial charge < -0.3 is 25.0 Å². The molecule has 2 aromatic rings. The van der Waals surface area contributed by atoms with Crippen molar-refractivity contribution in [1.29, 1.82) is 0 Å². The number of benzene rings is 1. The highest BCUT2D eigenvalue weighted by Gasteiger charge is 2.62. The first-order valence-corrected chi connectivity index (χ1v) is 18.9. The van der Waals surface area contributed by atoms with E-state index in [0.29, 0.717) is 18.9 Å². The lowest BCUT2D eigenvalue weighted by molar-refractivity contribution is -0.143. The van der Waals surface area contributed by atoms with Crippen LogP contribution in [0.2, 0.25) is 5.02 Å². The molecule has 18 heteroatoms. The van der Waals surface area contributed by atoms with Gasteiger partial charge in [0.25, 0.3) is 5.91 Å². The quantitative estimate of drug-likeness (QED) is 0.285. The summed E-state index contributed by atoms with van der Waals surface area (Å²) in [5, 5.41) is 4.61. The zero-order chi connectivity index (χ0) is 39.5. The summed E-state index contributed by atoms with van der Waals surface area (Å²) >= 11 is 6.22. The first kappa shape index (κ1) is 40.1. The number of sulfonamides is 1. The fourth-order valence-electron chi connectivity index (χ4n) is 6.24. The normalized spacial score (nSPS) is 23.9. The van der Waals surface area contributed by atoms with Crippen LogP contribution in [0.4, 0.5) is 18.0 Å². The molecule has 2 saturated carbocycles. The number of nitrogens with zero attached hydrogens (tertiary/aromatic N) is 2. The molecule has 0 bridgehead atoms. The fraction of sp³-hybridized carbons (Fsp3) is 0.571. The molecule has 290 valence electrons. The third kappa shape index (κ3) is 8.82. The molecule has 1 saturated heterocycles. The lowest BCUT2D eigenvalue weighted by atomic mass is 9.85. The summed E-state index contributed by atoms with van der Waals surface area (Å²) in [4.78, 5) is 59.8. The fourth-order valence-corrected chi connectivity index (χ4v) is 7.82. The number of pyridine rings is 1. The standard InChI is InChI=1S/C35H43ClF3N5O8S/c1-8-18-16-34(18,30(47)43-53(49,50)20-12-13-20)42-28(45)23-14-19(17-44(23)29(46)27(32(2,3)4)41-31(48)52-33(5,6)7)51-24-15-25(35(37,38)39)40-26-21(24)10-9-11-22(26)36/h8-11,15,18-20,23,27H,1,12-14,16-17H2,2-7H3,(H,41,48)(H,42,45)(H,43,47). The van der Waals surface area contributed by atoms with E-state index in [-0.39, 0.29) is 41.1 Å². The van der Waals surface area contributed by atoms with E-state index < -0.39 is 91.6 Å². The van der Waals surface area contributed by atoms with Gasteiger partial charge in [-0.25, -0.2) is 18.2 Å². The summed E-state index contributed by atoms with van der Waals surface area (Å²) < 4.78 is 80.7. The van der Waals surface area contributed by atoms with Crippen molar-refractivity contribution in [3.63, 3.8) is 0 Å². The third-order valence-corrected chi connectivity index (χ3v) is 11.3.